The van der Waals surface area contributed by atoms with Gasteiger partial charge >= 0.3 is 5.97 Å². The molecule has 2 fully saturated rings. The summed E-state index contributed by atoms with van der Waals surface area (Å²) in [5, 5.41) is 22.0. The molecule has 2 saturated heterocycles. The van der Waals surface area contributed by atoms with Crippen molar-refractivity contribution in [1.29, 1.82) is 0 Å². The van der Waals surface area contributed by atoms with Gasteiger partial charge in [-0.15, -0.1) is 0 Å². The van der Waals surface area contributed by atoms with E-state index in [1.807, 2.05) is 0 Å². The van der Waals surface area contributed by atoms with Crippen LogP contribution in [0.2, 0.25) is 0 Å². The number of fused-ring (bicyclic) bond motifs is 3. The molecule has 0 unspecified atom stereocenters. The molecule has 7 heteroatoms. The van der Waals surface area contributed by atoms with E-state index in [2.05, 4.69) is 68.2 Å². The number of aliphatic hydroxyl groups is 2. The van der Waals surface area contributed by atoms with Crippen LogP contribution in [0.1, 0.15) is 83.3 Å². The zero-order valence-electron chi connectivity index (χ0n) is 28.1. The van der Waals surface area contributed by atoms with Crippen LogP contribution in [0.15, 0.2) is 71.1 Å². The van der Waals surface area contributed by atoms with E-state index < -0.39 is 18.7 Å². The molecular weight excluding hydrogens is 578 g/mol. The predicted octanol–water partition coefficient (Wildman–Crippen LogP) is 6.61. The number of aryl methyl sites for hydroxylation is 1. The van der Waals surface area contributed by atoms with Gasteiger partial charge < -0.3 is 24.4 Å². The Labute approximate surface area is 275 Å². The molecule has 6 rings (SSSR count). The fraction of sp³-hybridized carbons (Fsp3) is 0.615. The number of allylic oxidation sites excluding steroid dienone is 2. The fourth-order valence-electron chi connectivity index (χ4n) is 8.92. The van der Waals surface area contributed by atoms with Crippen LogP contribution in [0.3, 0.4) is 0 Å². The maximum Gasteiger partial charge on any atom is 0.345 e. The molecule has 1 aliphatic carbocycles. The molecule has 0 amide bonds. The molecule has 0 saturated carbocycles. The van der Waals surface area contributed by atoms with Gasteiger partial charge in [-0.2, -0.15) is 0 Å². The number of piperidine rings is 1. The molecule has 0 aromatic heterocycles. The summed E-state index contributed by atoms with van der Waals surface area (Å²) >= 11 is 0. The lowest BCUT2D eigenvalue weighted by molar-refractivity contribution is -0.133. The van der Waals surface area contributed by atoms with E-state index in [0.29, 0.717) is 17.6 Å². The molecule has 4 aliphatic heterocycles. The maximum absolute atomic E-state index is 12.6. The Morgan fingerprint density at radius 1 is 1.11 bits per heavy atom. The first-order valence-corrected chi connectivity index (χ1v) is 17.7. The average Bonchev–Trinajstić information content (AvgIpc) is 3.48. The van der Waals surface area contributed by atoms with Crippen LogP contribution in [0.4, 0.5) is 0 Å². The topological polar surface area (TPSA) is 88.5 Å². The van der Waals surface area contributed by atoms with Crippen molar-refractivity contribution in [2.45, 2.75) is 103 Å². The van der Waals surface area contributed by atoms with Gasteiger partial charge in [-0.05, 0) is 80.4 Å². The lowest BCUT2D eigenvalue weighted by atomic mass is 9.71. The number of cyclic esters (lactones) is 1. The molecule has 250 valence electrons. The Balaban J connectivity index is 1.32. The summed E-state index contributed by atoms with van der Waals surface area (Å²) in [6, 6.07) is 9.39. The number of benzene rings is 1. The molecule has 1 aromatic rings. The number of hydrogen-bond acceptors (Lipinski definition) is 7. The van der Waals surface area contributed by atoms with Gasteiger partial charge in [-0.3, -0.25) is 4.90 Å². The SMILES string of the molecule is CCCCCc1cccc(C[C@H]2C[C@@H]3[C@H]4C(=CCCN3[C@H]([C@@H](O)[C@H]3C=CC[C@@H](C)C3)C2)OC(=C2OC(=O)C(CO)=C2OC)[C@H]4C)c1. The Kier molecular flexibility index (Phi) is 10.4. The van der Waals surface area contributed by atoms with E-state index >= 15 is 0 Å². The lowest BCUT2D eigenvalue weighted by Crippen LogP contribution is -2.58. The Morgan fingerprint density at radius 3 is 2.70 bits per heavy atom. The van der Waals surface area contributed by atoms with Crippen molar-refractivity contribution < 1.29 is 29.2 Å². The number of hydrogen-bond donors (Lipinski definition) is 2. The van der Waals surface area contributed by atoms with E-state index in [1.165, 1.54) is 37.5 Å². The van der Waals surface area contributed by atoms with Crippen molar-refractivity contribution in [2.75, 3.05) is 20.3 Å². The minimum Gasteiger partial charge on any atom is -0.492 e. The smallest absolute Gasteiger partial charge is 0.345 e. The predicted molar refractivity (Wildman–Crippen MR) is 178 cm³/mol. The van der Waals surface area contributed by atoms with E-state index in [0.717, 1.165) is 57.2 Å². The first kappa shape index (κ1) is 33.0. The first-order chi connectivity index (χ1) is 22.3. The molecule has 0 spiro atoms. The summed E-state index contributed by atoms with van der Waals surface area (Å²) in [5.41, 5.74) is 2.93. The molecule has 5 aliphatic rings. The highest BCUT2D eigenvalue weighted by Crippen LogP contribution is 2.51. The quantitative estimate of drug-likeness (QED) is 0.171. The third kappa shape index (κ3) is 6.61. The number of esters is 1. The van der Waals surface area contributed by atoms with E-state index in [4.69, 9.17) is 14.2 Å². The van der Waals surface area contributed by atoms with Crippen LogP contribution < -0.4 is 0 Å². The van der Waals surface area contributed by atoms with Crippen molar-refractivity contribution in [3.05, 3.63) is 82.2 Å². The Hall–Kier alpha value is -2.87. The van der Waals surface area contributed by atoms with Crippen LogP contribution >= 0.6 is 0 Å². The Bertz CT molecular complexity index is 1390. The Morgan fingerprint density at radius 2 is 1.93 bits per heavy atom. The van der Waals surface area contributed by atoms with Gasteiger partial charge in [-0.1, -0.05) is 70.0 Å². The summed E-state index contributed by atoms with van der Waals surface area (Å²) in [4.78, 5) is 15.2. The largest absolute Gasteiger partial charge is 0.492 e. The van der Waals surface area contributed by atoms with Crippen molar-refractivity contribution in [1.82, 2.24) is 4.90 Å². The molecule has 2 N–H and O–H groups in total. The second-order valence-corrected chi connectivity index (χ2v) is 14.4. The molecule has 1 aromatic carbocycles. The third-order valence-electron chi connectivity index (χ3n) is 11.2. The molecule has 4 heterocycles. The summed E-state index contributed by atoms with van der Waals surface area (Å²) < 4.78 is 17.8. The normalized spacial score (nSPS) is 33.6. The van der Waals surface area contributed by atoms with Crippen molar-refractivity contribution in [2.24, 2.45) is 29.6 Å². The number of aliphatic hydroxyl groups excluding tert-OH is 2. The molecule has 46 heavy (non-hydrogen) atoms. The monoisotopic (exact) mass is 631 g/mol. The standard InChI is InChI=1S/C39H53NO6/c1-5-6-7-12-26-13-9-14-27(19-26)20-28-21-31-34-25(3)36(38-37(44-4)30(23-41)39(43)46-38)45-33(34)16-10-17-40(31)32(22-28)35(42)29-15-8-11-24(2)18-29/h8-9,13-16,19,24-25,28-29,31-32,34-35,41-42H,5-7,10-12,17-18,20-23H2,1-4H3/t24-,25+,28+,29+,31-,32+,34+,35+/m1/s1. The third-order valence-corrected chi connectivity index (χ3v) is 11.2. The minimum absolute atomic E-state index is 0.0489. The molecule has 0 bridgehead atoms. The van der Waals surface area contributed by atoms with E-state index in [9.17, 15) is 15.0 Å². The highest BCUT2D eigenvalue weighted by Gasteiger charge is 2.52. The molecule has 7 nitrogen and oxygen atoms in total. The van der Waals surface area contributed by atoms with Gasteiger partial charge in [0.2, 0.25) is 5.76 Å². The van der Waals surface area contributed by atoms with Crippen LogP contribution in [0.5, 0.6) is 0 Å². The van der Waals surface area contributed by atoms with Gasteiger partial charge in [0.1, 0.15) is 11.3 Å². The van der Waals surface area contributed by atoms with Gasteiger partial charge in [0.05, 0.1) is 19.8 Å². The number of unbranched alkanes of at least 4 members (excludes halogenated alkanes) is 2. The zero-order valence-corrected chi connectivity index (χ0v) is 28.1. The lowest BCUT2D eigenvalue weighted by Gasteiger charge is -2.50. The van der Waals surface area contributed by atoms with Gasteiger partial charge in [0.25, 0.3) is 0 Å². The highest BCUT2D eigenvalue weighted by molar-refractivity contribution is 5.94. The minimum atomic E-state index is -0.590. The summed E-state index contributed by atoms with van der Waals surface area (Å²) in [5.74, 6) is 2.60. The summed E-state index contributed by atoms with van der Waals surface area (Å²) in [7, 11) is 1.49. The molecule has 0 radical (unpaired) electrons. The number of methoxy groups -OCH3 is 1. The highest BCUT2D eigenvalue weighted by atomic mass is 16.6. The van der Waals surface area contributed by atoms with Gasteiger partial charge in [0.15, 0.2) is 11.5 Å². The van der Waals surface area contributed by atoms with Crippen LogP contribution in [0.25, 0.3) is 0 Å². The maximum atomic E-state index is 12.6. The van der Waals surface area contributed by atoms with E-state index in [-0.39, 0.29) is 46.9 Å². The molecular formula is C39H53NO6. The number of carbonyl (C=O) groups is 1. The van der Waals surface area contributed by atoms with Crippen LogP contribution in [0, 0.1) is 29.6 Å². The fourth-order valence-corrected chi connectivity index (χ4v) is 8.92. The van der Waals surface area contributed by atoms with Crippen LogP contribution in [-0.4, -0.2) is 59.5 Å². The molecule has 8 atom stereocenters. The second-order valence-electron chi connectivity index (χ2n) is 14.4. The summed E-state index contributed by atoms with van der Waals surface area (Å²) in [6.07, 6.45) is 17.0. The zero-order chi connectivity index (χ0) is 32.4. The number of carbonyl (C=O) groups excluding carboxylic acids is 1. The summed E-state index contributed by atoms with van der Waals surface area (Å²) in [6.45, 7) is 7.12. The van der Waals surface area contributed by atoms with Gasteiger partial charge in [-0.25, -0.2) is 4.79 Å². The van der Waals surface area contributed by atoms with Crippen molar-refractivity contribution in [3.8, 4) is 0 Å². The van der Waals surface area contributed by atoms with Gasteiger partial charge in [0, 0.05) is 36.4 Å². The number of ether oxygens (including phenoxy) is 3. The number of nitrogens with zero attached hydrogens (tertiary/aromatic N) is 1. The van der Waals surface area contributed by atoms with E-state index in [1.54, 1.807) is 0 Å². The van der Waals surface area contributed by atoms with Crippen molar-refractivity contribution >= 4 is 5.97 Å². The second kappa shape index (κ2) is 14.5. The average molecular weight is 632 g/mol. The van der Waals surface area contributed by atoms with Crippen molar-refractivity contribution in [3.63, 3.8) is 0 Å². The number of rotatable bonds is 10. The first-order valence-electron chi connectivity index (χ1n) is 17.7. The van der Waals surface area contributed by atoms with Crippen LogP contribution in [-0.2, 0) is 31.8 Å².